The van der Waals surface area contributed by atoms with E-state index in [2.05, 4.69) is 10.2 Å². The van der Waals surface area contributed by atoms with E-state index < -0.39 is 5.97 Å². The largest absolute Gasteiger partial charge is 0.495 e. The van der Waals surface area contributed by atoms with Gasteiger partial charge < -0.3 is 15.2 Å². The first-order valence-electron chi connectivity index (χ1n) is 8.98. The molecule has 1 aliphatic heterocycles. The summed E-state index contributed by atoms with van der Waals surface area (Å²) in [5.74, 6) is -0.221. The first-order chi connectivity index (χ1) is 12.4. The van der Waals surface area contributed by atoms with Crippen LogP contribution in [0.25, 0.3) is 0 Å². The van der Waals surface area contributed by atoms with Crippen molar-refractivity contribution in [1.29, 1.82) is 0 Å². The molecule has 0 spiro atoms. The van der Waals surface area contributed by atoms with E-state index >= 15 is 0 Å². The second kappa shape index (κ2) is 9.54. The number of carboxylic acid groups (broad SMARTS) is 1. The average Bonchev–Trinajstić information content (AvgIpc) is 2.80. The van der Waals surface area contributed by atoms with Gasteiger partial charge in [0.05, 0.1) is 25.9 Å². The van der Waals surface area contributed by atoms with Crippen LogP contribution >= 0.6 is 0 Å². The molecule has 1 amide bonds. The number of carboxylic acids is 1. The molecule has 2 N–H and O–H groups in total. The number of benzene rings is 1. The van der Waals surface area contributed by atoms with Gasteiger partial charge in [-0.25, -0.2) is 0 Å². The Labute approximate surface area is 154 Å². The highest BCUT2D eigenvalue weighted by Gasteiger charge is 2.23. The fourth-order valence-corrected chi connectivity index (χ4v) is 3.39. The number of hydrogen-bond acceptors (Lipinski definition) is 5. The van der Waals surface area contributed by atoms with Crippen LogP contribution in [0, 0.1) is 6.92 Å². The Morgan fingerprint density at radius 2 is 2.12 bits per heavy atom. The molecule has 0 aromatic heterocycles. The van der Waals surface area contributed by atoms with Crippen LogP contribution in [-0.2, 0) is 9.59 Å². The summed E-state index contributed by atoms with van der Waals surface area (Å²) < 4.78 is 5.30. The zero-order valence-corrected chi connectivity index (χ0v) is 15.8. The predicted octanol–water partition coefficient (Wildman–Crippen LogP) is 1.81. The molecular formula is C19H29N3O4. The van der Waals surface area contributed by atoms with E-state index in [9.17, 15) is 9.59 Å². The number of amides is 1. The molecule has 0 radical (unpaired) electrons. The van der Waals surface area contributed by atoms with Crippen molar-refractivity contribution in [3.8, 4) is 5.75 Å². The fraction of sp³-hybridized carbons (Fsp3) is 0.579. The lowest BCUT2D eigenvalue weighted by atomic mass is 10.1. The molecule has 7 nitrogen and oxygen atoms in total. The summed E-state index contributed by atoms with van der Waals surface area (Å²) in [6, 6.07) is 5.93. The van der Waals surface area contributed by atoms with E-state index in [1.165, 1.54) is 0 Å². The van der Waals surface area contributed by atoms with Gasteiger partial charge in [0.2, 0.25) is 5.91 Å². The number of carbonyl (C=O) groups is 2. The zero-order chi connectivity index (χ0) is 19.1. The molecule has 0 saturated carbocycles. The second-order valence-electron chi connectivity index (χ2n) is 6.92. The molecule has 1 heterocycles. The summed E-state index contributed by atoms with van der Waals surface area (Å²) in [5, 5.41) is 11.9. The number of rotatable bonds is 7. The summed E-state index contributed by atoms with van der Waals surface area (Å²) in [7, 11) is 3.44. The van der Waals surface area contributed by atoms with Gasteiger partial charge in [0, 0.05) is 12.6 Å². The Bertz CT molecular complexity index is 635. The number of nitrogens with zero attached hydrogens (tertiary/aromatic N) is 2. The Balaban J connectivity index is 1.88. The van der Waals surface area contributed by atoms with E-state index in [1.54, 1.807) is 7.11 Å². The minimum Gasteiger partial charge on any atom is -0.495 e. The molecule has 0 aliphatic carbocycles. The third-order valence-corrected chi connectivity index (χ3v) is 4.79. The molecule has 1 fully saturated rings. The fourth-order valence-electron chi connectivity index (χ4n) is 3.39. The van der Waals surface area contributed by atoms with Gasteiger partial charge in [-0.2, -0.15) is 0 Å². The van der Waals surface area contributed by atoms with Crippen molar-refractivity contribution in [2.75, 3.05) is 45.7 Å². The number of methoxy groups -OCH3 is 1. The average molecular weight is 363 g/mol. The molecule has 7 heteroatoms. The Morgan fingerprint density at radius 1 is 1.35 bits per heavy atom. The van der Waals surface area contributed by atoms with Gasteiger partial charge in [-0.3, -0.25) is 19.4 Å². The van der Waals surface area contributed by atoms with Crippen molar-refractivity contribution in [2.24, 2.45) is 0 Å². The highest BCUT2D eigenvalue weighted by Crippen LogP contribution is 2.25. The topological polar surface area (TPSA) is 82.1 Å². The maximum atomic E-state index is 12.4. The van der Waals surface area contributed by atoms with Gasteiger partial charge in [0.15, 0.2) is 0 Å². The SMILES string of the molecule is COc1ccc(C)cc1NC(=O)CN1CCCC(N(C)CC(=O)O)CC1. The van der Waals surface area contributed by atoms with Crippen LogP contribution in [0.15, 0.2) is 18.2 Å². The van der Waals surface area contributed by atoms with Gasteiger partial charge in [-0.1, -0.05) is 6.07 Å². The normalized spacial score (nSPS) is 18.4. The van der Waals surface area contributed by atoms with Crippen molar-refractivity contribution < 1.29 is 19.4 Å². The minimum absolute atomic E-state index is 0.0539. The highest BCUT2D eigenvalue weighted by atomic mass is 16.5. The summed E-state index contributed by atoms with van der Waals surface area (Å²) in [6.07, 6.45) is 2.77. The number of nitrogens with one attached hydrogen (secondary N) is 1. The number of aryl methyl sites for hydroxylation is 1. The van der Waals surface area contributed by atoms with Crippen molar-refractivity contribution in [1.82, 2.24) is 9.80 Å². The quantitative estimate of drug-likeness (QED) is 0.769. The van der Waals surface area contributed by atoms with Crippen LogP contribution in [0.2, 0.25) is 0 Å². The Kier molecular flexibility index (Phi) is 7.41. The third kappa shape index (κ3) is 6.00. The van der Waals surface area contributed by atoms with E-state index in [-0.39, 0.29) is 18.5 Å². The first-order valence-corrected chi connectivity index (χ1v) is 8.98. The summed E-state index contributed by atoms with van der Waals surface area (Å²) in [6.45, 7) is 3.98. The number of hydrogen-bond donors (Lipinski definition) is 2. The van der Waals surface area contributed by atoms with Gasteiger partial charge >= 0.3 is 5.97 Å². The zero-order valence-electron chi connectivity index (χ0n) is 15.8. The monoisotopic (exact) mass is 363 g/mol. The van der Waals surface area contributed by atoms with Gasteiger partial charge in [0.1, 0.15) is 5.75 Å². The Morgan fingerprint density at radius 3 is 2.81 bits per heavy atom. The third-order valence-electron chi connectivity index (χ3n) is 4.79. The lowest BCUT2D eigenvalue weighted by Gasteiger charge is -2.25. The van der Waals surface area contributed by atoms with E-state index in [1.807, 2.05) is 37.1 Å². The predicted molar refractivity (Wildman–Crippen MR) is 101 cm³/mol. The molecule has 0 bridgehead atoms. The van der Waals surface area contributed by atoms with Crippen molar-refractivity contribution in [2.45, 2.75) is 32.2 Å². The molecule has 1 unspecified atom stereocenters. The molecule has 1 aromatic rings. The second-order valence-corrected chi connectivity index (χ2v) is 6.92. The van der Waals surface area contributed by atoms with Crippen LogP contribution in [0.5, 0.6) is 5.75 Å². The van der Waals surface area contributed by atoms with Crippen LogP contribution in [0.1, 0.15) is 24.8 Å². The standard InChI is InChI=1S/C19H29N3O4/c1-14-6-7-17(26-3)16(11-14)20-18(23)12-22-9-4-5-15(8-10-22)21(2)13-19(24)25/h6-7,11,15H,4-5,8-10,12-13H2,1-3H3,(H,20,23)(H,24,25). The lowest BCUT2D eigenvalue weighted by Crippen LogP contribution is -2.37. The van der Waals surface area contributed by atoms with Crippen molar-refractivity contribution in [3.05, 3.63) is 23.8 Å². The van der Waals surface area contributed by atoms with Gasteiger partial charge in [-0.15, -0.1) is 0 Å². The summed E-state index contributed by atoms with van der Waals surface area (Å²) >= 11 is 0. The van der Waals surface area contributed by atoms with Crippen LogP contribution in [0.4, 0.5) is 5.69 Å². The Hall–Kier alpha value is -2.12. The first kappa shape index (κ1) is 20.2. The molecule has 26 heavy (non-hydrogen) atoms. The van der Waals surface area contributed by atoms with E-state index in [0.717, 1.165) is 37.9 Å². The summed E-state index contributed by atoms with van der Waals surface area (Å²) in [4.78, 5) is 27.3. The number of carbonyl (C=O) groups excluding carboxylic acids is 1. The van der Waals surface area contributed by atoms with Crippen LogP contribution in [-0.4, -0.2) is 73.2 Å². The maximum Gasteiger partial charge on any atom is 0.317 e. The smallest absolute Gasteiger partial charge is 0.317 e. The molecule has 1 aliphatic rings. The lowest BCUT2D eigenvalue weighted by molar-refractivity contribution is -0.138. The summed E-state index contributed by atoms with van der Waals surface area (Å²) in [5.41, 5.74) is 1.74. The maximum absolute atomic E-state index is 12.4. The molecule has 2 rings (SSSR count). The molecule has 1 atom stereocenters. The van der Waals surface area contributed by atoms with Gasteiger partial charge in [0.25, 0.3) is 0 Å². The van der Waals surface area contributed by atoms with E-state index in [4.69, 9.17) is 9.84 Å². The van der Waals surface area contributed by atoms with Crippen LogP contribution in [0.3, 0.4) is 0 Å². The number of likely N-dealkylation sites (tertiary alicyclic amines) is 1. The van der Waals surface area contributed by atoms with E-state index in [0.29, 0.717) is 18.0 Å². The molecular weight excluding hydrogens is 334 g/mol. The van der Waals surface area contributed by atoms with Gasteiger partial charge in [-0.05, 0) is 57.5 Å². The molecule has 144 valence electrons. The number of aliphatic carboxylic acids is 1. The number of likely N-dealkylation sites (N-methyl/N-ethyl adjacent to an activating group) is 1. The van der Waals surface area contributed by atoms with Crippen molar-refractivity contribution in [3.63, 3.8) is 0 Å². The van der Waals surface area contributed by atoms with Crippen LogP contribution < -0.4 is 10.1 Å². The minimum atomic E-state index is -0.805. The number of ether oxygens (including phenoxy) is 1. The molecule has 1 aromatic carbocycles. The van der Waals surface area contributed by atoms with Crippen molar-refractivity contribution >= 4 is 17.6 Å². The molecule has 1 saturated heterocycles. The number of anilines is 1. The highest BCUT2D eigenvalue weighted by molar-refractivity contribution is 5.93.